The van der Waals surface area contributed by atoms with E-state index < -0.39 is 76.6 Å². The molecule has 50 heavy (non-hydrogen) atoms. The number of esters is 1. The number of nitrogens with zero attached hydrogens (tertiary/aromatic N) is 2. The summed E-state index contributed by atoms with van der Waals surface area (Å²) in [4.78, 5) is 42.5. The van der Waals surface area contributed by atoms with Gasteiger partial charge in [0.05, 0.1) is 24.6 Å². The first-order valence-corrected chi connectivity index (χ1v) is 17.0. The van der Waals surface area contributed by atoms with Crippen molar-refractivity contribution in [2.45, 2.75) is 98.7 Å². The van der Waals surface area contributed by atoms with Crippen LogP contribution in [0.25, 0.3) is 11.1 Å². The fourth-order valence-corrected chi connectivity index (χ4v) is 6.47. The summed E-state index contributed by atoms with van der Waals surface area (Å²) in [6.07, 6.45) is -3.48. The second kappa shape index (κ2) is 16.9. The summed E-state index contributed by atoms with van der Waals surface area (Å²) in [5.74, 6) is -6.52. The lowest BCUT2D eigenvalue weighted by Crippen LogP contribution is -2.32. The summed E-state index contributed by atoms with van der Waals surface area (Å²) >= 11 is 0. The normalized spacial score (nSPS) is 13.2. The van der Waals surface area contributed by atoms with Gasteiger partial charge in [0.25, 0.3) is 5.56 Å². The summed E-state index contributed by atoms with van der Waals surface area (Å²) in [6.45, 7) is 12.7. The Morgan fingerprint density at radius 2 is 1.58 bits per heavy atom. The van der Waals surface area contributed by atoms with Gasteiger partial charge in [-0.05, 0) is 120 Å². The van der Waals surface area contributed by atoms with Gasteiger partial charge in [-0.3, -0.25) is 14.4 Å². The average Bonchev–Trinajstić information content (AvgIpc) is 2.99. The number of rotatable bonds is 15. The van der Waals surface area contributed by atoms with Crippen LogP contribution >= 0.6 is 0 Å². The smallest absolute Gasteiger partial charge is 0.419 e. The summed E-state index contributed by atoms with van der Waals surface area (Å²) in [6, 6.07) is 4.18. The molecular formula is C39H49F5N2O4. The number of ketones is 1. The van der Waals surface area contributed by atoms with Crippen molar-refractivity contribution in [3.63, 3.8) is 0 Å². The topological polar surface area (TPSA) is 68.6 Å². The highest BCUT2D eigenvalue weighted by atomic mass is 19.4. The molecule has 0 saturated heterocycles. The zero-order chi connectivity index (χ0) is 37.7. The molecule has 274 valence electrons. The van der Waals surface area contributed by atoms with E-state index in [0.717, 1.165) is 24.1 Å². The van der Waals surface area contributed by atoms with Gasteiger partial charge >= 0.3 is 12.1 Å². The summed E-state index contributed by atoms with van der Waals surface area (Å²) in [5, 5.41) is 0. The molecule has 6 nitrogen and oxygen atoms in total. The number of aryl methyl sites for hydroxylation is 4. The molecule has 0 aliphatic heterocycles. The van der Waals surface area contributed by atoms with Crippen molar-refractivity contribution >= 4 is 11.8 Å². The van der Waals surface area contributed by atoms with Gasteiger partial charge < -0.3 is 14.2 Å². The van der Waals surface area contributed by atoms with Gasteiger partial charge in [-0.25, -0.2) is 8.78 Å². The van der Waals surface area contributed by atoms with Gasteiger partial charge in [0, 0.05) is 35.7 Å². The maximum absolute atomic E-state index is 16.8. The Bertz CT molecular complexity index is 1760. The van der Waals surface area contributed by atoms with Gasteiger partial charge in [0.2, 0.25) is 0 Å². The van der Waals surface area contributed by atoms with Crippen molar-refractivity contribution in [2.24, 2.45) is 5.92 Å². The molecule has 0 spiro atoms. The molecule has 2 atom stereocenters. The molecule has 1 aromatic heterocycles. The van der Waals surface area contributed by atoms with Gasteiger partial charge in [0.15, 0.2) is 5.78 Å². The van der Waals surface area contributed by atoms with Crippen LogP contribution in [0, 0.1) is 45.2 Å². The van der Waals surface area contributed by atoms with Crippen LogP contribution in [0.1, 0.15) is 97.4 Å². The number of hydrogen-bond acceptors (Lipinski definition) is 5. The fourth-order valence-electron chi connectivity index (χ4n) is 6.47. The van der Waals surface area contributed by atoms with Crippen molar-refractivity contribution in [3.05, 3.63) is 91.4 Å². The highest BCUT2D eigenvalue weighted by molar-refractivity contribution is 5.85. The van der Waals surface area contributed by atoms with Crippen LogP contribution in [0.3, 0.4) is 0 Å². The third kappa shape index (κ3) is 9.68. The first kappa shape index (κ1) is 40.6. The van der Waals surface area contributed by atoms with E-state index >= 15 is 8.78 Å². The Balaban J connectivity index is 2.27. The van der Waals surface area contributed by atoms with Crippen LogP contribution in [-0.2, 0) is 26.9 Å². The molecule has 0 aliphatic rings. The van der Waals surface area contributed by atoms with Crippen molar-refractivity contribution < 1.29 is 36.3 Å². The minimum absolute atomic E-state index is 0.0919. The van der Waals surface area contributed by atoms with E-state index in [1.807, 2.05) is 32.8 Å². The lowest BCUT2D eigenvalue weighted by atomic mass is 9.82. The van der Waals surface area contributed by atoms with E-state index in [4.69, 9.17) is 4.74 Å². The Hall–Kier alpha value is -3.86. The molecule has 1 unspecified atom stereocenters. The highest BCUT2D eigenvalue weighted by Crippen LogP contribution is 2.44. The first-order valence-electron chi connectivity index (χ1n) is 17.0. The highest BCUT2D eigenvalue weighted by Gasteiger charge is 2.40. The van der Waals surface area contributed by atoms with Crippen LogP contribution in [-0.4, -0.2) is 48.5 Å². The average molecular weight is 705 g/mol. The molecule has 0 amide bonds. The number of carbonyl (C=O) groups excluding carboxylic acids is 2. The molecular weight excluding hydrogens is 655 g/mol. The van der Waals surface area contributed by atoms with E-state index in [1.165, 1.54) is 17.6 Å². The number of Topliss-reactive ketones (excluding diaryl/α,β-unsaturated/α-hetero) is 1. The van der Waals surface area contributed by atoms with Crippen molar-refractivity contribution in [1.29, 1.82) is 0 Å². The maximum Gasteiger partial charge on any atom is 0.419 e. The minimum Gasteiger partial charge on any atom is -0.466 e. The maximum atomic E-state index is 16.8. The fraction of sp³-hybridized carbons (Fsp3) is 0.513. The van der Waals surface area contributed by atoms with Crippen molar-refractivity contribution in [1.82, 2.24) is 9.47 Å². The number of benzene rings is 2. The molecule has 0 aliphatic carbocycles. The summed E-state index contributed by atoms with van der Waals surface area (Å²) in [5.41, 5.74) is -0.235. The van der Waals surface area contributed by atoms with Crippen LogP contribution in [0.5, 0.6) is 0 Å². The quantitative estimate of drug-likeness (QED) is 0.117. The number of pyridine rings is 1. The molecule has 2 aromatic carbocycles. The Morgan fingerprint density at radius 1 is 0.940 bits per heavy atom. The third-order valence-corrected chi connectivity index (χ3v) is 9.18. The molecule has 0 radical (unpaired) electrons. The first-order chi connectivity index (χ1) is 23.3. The van der Waals surface area contributed by atoms with Gasteiger partial charge in [0.1, 0.15) is 11.6 Å². The number of carbonyl (C=O) groups is 2. The Labute approximate surface area is 291 Å². The SMILES string of the molecule is CCOC(=O)C[C@H](CC(=O)C(CC(C)C)n1cc(CCCN(C)C)c(C)cc1=O)c1c(F)c(-c2c(C)ccc(C)c2C)cc(C(F)(F)F)c1F. The van der Waals surface area contributed by atoms with Crippen LogP contribution < -0.4 is 5.56 Å². The number of hydrogen-bond donors (Lipinski definition) is 0. The molecule has 0 N–H and O–H groups in total. The van der Waals surface area contributed by atoms with Crippen LogP contribution in [0.2, 0.25) is 0 Å². The van der Waals surface area contributed by atoms with E-state index in [1.54, 1.807) is 46.0 Å². The Kier molecular flexibility index (Phi) is 13.7. The zero-order valence-corrected chi connectivity index (χ0v) is 30.5. The van der Waals surface area contributed by atoms with Crippen LogP contribution in [0.15, 0.2) is 35.3 Å². The largest absolute Gasteiger partial charge is 0.466 e. The molecule has 3 rings (SSSR count). The van der Waals surface area contributed by atoms with Crippen LogP contribution in [0.4, 0.5) is 22.0 Å². The van der Waals surface area contributed by atoms with Gasteiger partial charge in [-0.1, -0.05) is 26.0 Å². The van der Waals surface area contributed by atoms with Crippen molar-refractivity contribution in [3.8, 4) is 11.1 Å². The van der Waals surface area contributed by atoms with E-state index in [9.17, 15) is 27.6 Å². The number of halogens is 5. The van der Waals surface area contributed by atoms with E-state index in [0.29, 0.717) is 29.2 Å². The third-order valence-electron chi connectivity index (χ3n) is 9.18. The standard InChI is InChI=1S/C39H49F5N2O4/c1-10-50-34(49)19-28(18-32(47)31(16-22(2)3)46-21-27(12-11-15-45(8)9)25(6)17-33(46)48)36-37(40)29(20-30(38(36)41)39(42,43)44)35-24(5)14-13-23(4)26(35)7/h13-14,17,20-22,28,31H,10-12,15-16,18-19H2,1-9H3/t28-,31?/m0/s1. The lowest BCUT2D eigenvalue weighted by molar-refractivity contribution is -0.143. The second-order valence-electron chi connectivity index (χ2n) is 13.9. The molecule has 0 fully saturated rings. The molecule has 0 saturated carbocycles. The lowest BCUT2D eigenvalue weighted by Gasteiger charge is -2.26. The predicted octanol–water partition coefficient (Wildman–Crippen LogP) is 8.82. The zero-order valence-electron chi connectivity index (χ0n) is 30.5. The molecule has 1 heterocycles. The number of ether oxygens (including phenoxy) is 1. The number of alkyl halides is 3. The second-order valence-corrected chi connectivity index (χ2v) is 13.9. The van der Waals surface area contributed by atoms with Crippen molar-refractivity contribution in [2.75, 3.05) is 27.2 Å². The van der Waals surface area contributed by atoms with Gasteiger partial charge in [-0.2, -0.15) is 13.2 Å². The summed E-state index contributed by atoms with van der Waals surface area (Å²) in [7, 11) is 3.89. The molecule has 0 bridgehead atoms. The van der Waals surface area contributed by atoms with E-state index in [-0.39, 0.29) is 24.5 Å². The molecule has 3 aromatic rings. The molecule has 11 heteroatoms. The Morgan fingerprint density at radius 3 is 2.16 bits per heavy atom. The minimum atomic E-state index is -5.22. The van der Waals surface area contributed by atoms with E-state index in [2.05, 4.69) is 0 Å². The summed E-state index contributed by atoms with van der Waals surface area (Å²) < 4.78 is 82.5. The number of aromatic nitrogens is 1. The monoisotopic (exact) mass is 704 g/mol. The van der Waals surface area contributed by atoms with Gasteiger partial charge in [-0.15, -0.1) is 0 Å². The predicted molar refractivity (Wildman–Crippen MR) is 185 cm³/mol.